The minimum absolute atomic E-state index is 0.0943. The van der Waals surface area contributed by atoms with E-state index in [0.29, 0.717) is 77.0 Å². The van der Waals surface area contributed by atoms with Crippen molar-refractivity contribution in [3.63, 3.8) is 0 Å². The van der Waals surface area contributed by atoms with Crippen LogP contribution in [0, 0.1) is 0 Å². The molecule has 0 unspecified atom stereocenters. The van der Waals surface area contributed by atoms with Crippen molar-refractivity contribution in [2.45, 2.75) is 19.9 Å². The summed E-state index contributed by atoms with van der Waals surface area (Å²) >= 11 is 1.25. The number of aromatic nitrogens is 1. The first kappa shape index (κ1) is 29.1. The van der Waals surface area contributed by atoms with E-state index in [2.05, 4.69) is 6.58 Å². The molecule has 4 aromatic rings. The number of hydrogen-bond acceptors (Lipinski definition) is 10. The van der Waals surface area contributed by atoms with Gasteiger partial charge in [-0.05, 0) is 67.9 Å². The van der Waals surface area contributed by atoms with Gasteiger partial charge in [0.15, 0.2) is 28.1 Å². The van der Waals surface area contributed by atoms with Gasteiger partial charge in [0, 0.05) is 5.56 Å². The largest absolute Gasteiger partial charge is 0.507 e. The summed E-state index contributed by atoms with van der Waals surface area (Å²) in [6.45, 7) is 9.31. The zero-order valence-electron chi connectivity index (χ0n) is 24.2. The standard InChI is InChI=1S/C33H30N2O8S/c1-4-13-41-23-11-7-19(16-25(23)40-6-3)29-28(30(36)20-8-12-24-26(17-20)43-15-14-42-24)31(37)32(38)35(29)33-34-22-10-9-21(39-5-2)18-27(22)44-33/h4,7-12,16-18,29,36H,1,5-6,13-15H2,2-3H3/b30-28+/t29-/m1/s1. The predicted molar refractivity (Wildman–Crippen MR) is 166 cm³/mol. The maximum atomic E-state index is 13.8. The fraction of sp³-hybridized carbons (Fsp3) is 0.242. The van der Waals surface area contributed by atoms with Gasteiger partial charge in [0.25, 0.3) is 5.78 Å². The van der Waals surface area contributed by atoms with E-state index in [0.717, 1.165) is 4.70 Å². The van der Waals surface area contributed by atoms with Gasteiger partial charge in [-0.1, -0.05) is 30.1 Å². The number of anilines is 1. The van der Waals surface area contributed by atoms with Crippen molar-refractivity contribution in [2.24, 2.45) is 0 Å². The summed E-state index contributed by atoms with van der Waals surface area (Å²) in [4.78, 5) is 33.6. The Morgan fingerprint density at radius 3 is 2.57 bits per heavy atom. The van der Waals surface area contributed by atoms with Gasteiger partial charge in [-0.25, -0.2) is 4.98 Å². The molecule has 2 aliphatic rings. The number of carbonyl (C=O) groups is 2. The number of ketones is 1. The van der Waals surface area contributed by atoms with Crippen LogP contribution in [-0.2, 0) is 9.59 Å². The Morgan fingerprint density at radius 1 is 1.00 bits per heavy atom. The van der Waals surface area contributed by atoms with Crippen LogP contribution in [0.15, 0.2) is 72.8 Å². The lowest BCUT2D eigenvalue weighted by Gasteiger charge is -2.24. The number of Topliss-reactive ketones (excluding diaryl/α,β-unsaturated/α-hetero) is 1. The van der Waals surface area contributed by atoms with Gasteiger partial charge in [-0.3, -0.25) is 14.5 Å². The van der Waals surface area contributed by atoms with Gasteiger partial charge in [0.1, 0.15) is 31.3 Å². The molecule has 0 saturated carbocycles. The average Bonchev–Trinajstić information content (AvgIpc) is 3.57. The lowest BCUT2D eigenvalue weighted by Crippen LogP contribution is -2.29. The molecule has 1 N–H and O–H groups in total. The van der Waals surface area contributed by atoms with E-state index in [1.54, 1.807) is 54.6 Å². The topological polar surface area (TPSA) is 117 Å². The molecule has 0 aliphatic carbocycles. The minimum Gasteiger partial charge on any atom is -0.507 e. The van der Waals surface area contributed by atoms with Gasteiger partial charge in [-0.15, -0.1) is 0 Å². The molecule has 11 heteroatoms. The van der Waals surface area contributed by atoms with E-state index in [-0.39, 0.29) is 17.9 Å². The van der Waals surface area contributed by atoms with Crippen LogP contribution in [0.5, 0.6) is 28.7 Å². The number of aliphatic hydroxyl groups excluding tert-OH is 1. The van der Waals surface area contributed by atoms with Crippen molar-refractivity contribution in [3.8, 4) is 28.7 Å². The third kappa shape index (κ3) is 5.30. The number of hydrogen-bond donors (Lipinski definition) is 1. The molecule has 3 heterocycles. The molecule has 1 saturated heterocycles. The fourth-order valence-corrected chi connectivity index (χ4v) is 6.20. The van der Waals surface area contributed by atoms with Crippen molar-refractivity contribution in [3.05, 3.63) is 84.0 Å². The molecular weight excluding hydrogens is 584 g/mol. The third-order valence-electron chi connectivity index (χ3n) is 7.07. The van der Waals surface area contributed by atoms with Crippen molar-refractivity contribution in [1.82, 2.24) is 4.98 Å². The first-order valence-corrected chi connectivity index (χ1v) is 15.0. The summed E-state index contributed by atoms with van der Waals surface area (Å²) in [6, 6.07) is 14.5. The molecule has 1 atom stereocenters. The summed E-state index contributed by atoms with van der Waals surface area (Å²) in [5, 5.41) is 12.0. The number of ether oxygens (including phenoxy) is 5. The van der Waals surface area contributed by atoms with Crippen LogP contribution in [0.25, 0.3) is 16.0 Å². The van der Waals surface area contributed by atoms with Gasteiger partial charge >= 0.3 is 5.91 Å². The van der Waals surface area contributed by atoms with Crippen LogP contribution in [-0.4, -0.2) is 54.8 Å². The van der Waals surface area contributed by atoms with Crippen molar-refractivity contribution in [1.29, 1.82) is 0 Å². The number of aliphatic hydroxyl groups is 1. The summed E-state index contributed by atoms with van der Waals surface area (Å²) in [7, 11) is 0. The number of benzene rings is 3. The average molecular weight is 615 g/mol. The number of thiazole rings is 1. The Labute approximate surface area is 257 Å². The van der Waals surface area contributed by atoms with Gasteiger partial charge < -0.3 is 28.8 Å². The summed E-state index contributed by atoms with van der Waals surface area (Å²) in [6.07, 6.45) is 1.62. The summed E-state index contributed by atoms with van der Waals surface area (Å²) in [5.41, 5.74) is 1.37. The number of nitrogens with zero attached hydrogens (tertiary/aromatic N) is 2. The second-order valence-electron chi connectivity index (χ2n) is 9.83. The lowest BCUT2D eigenvalue weighted by atomic mass is 9.95. The monoisotopic (exact) mass is 614 g/mol. The molecule has 0 spiro atoms. The van der Waals surface area contributed by atoms with E-state index in [9.17, 15) is 14.7 Å². The van der Waals surface area contributed by atoms with Crippen LogP contribution in [0.1, 0.15) is 31.0 Å². The molecule has 44 heavy (non-hydrogen) atoms. The SMILES string of the molecule is C=CCOc1ccc([C@@H]2/C(=C(\O)c3ccc4c(c3)OCCO4)C(=O)C(=O)N2c2nc3ccc(OCC)cc3s2)cc1OCC. The van der Waals surface area contributed by atoms with E-state index < -0.39 is 17.7 Å². The normalized spacial score (nSPS) is 17.1. The summed E-state index contributed by atoms with van der Waals surface area (Å²) in [5.74, 6) is 0.517. The Morgan fingerprint density at radius 2 is 1.80 bits per heavy atom. The van der Waals surface area contributed by atoms with Crippen LogP contribution in [0.4, 0.5) is 5.13 Å². The molecule has 3 aromatic carbocycles. The molecule has 1 fully saturated rings. The Bertz CT molecular complexity index is 1800. The zero-order chi connectivity index (χ0) is 30.8. The highest BCUT2D eigenvalue weighted by molar-refractivity contribution is 7.22. The van der Waals surface area contributed by atoms with Gasteiger partial charge in [0.2, 0.25) is 0 Å². The highest BCUT2D eigenvalue weighted by Crippen LogP contribution is 2.46. The molecular formula is C33H30N2O8S. The van der Waals surface area contributed by atoms with Gasteiger partial charge in [0.05, 0.1) is 35.0 Å². The molecule has 10 nitrogen and oxygen atoms in total. The number of rotatable bonds is 10. The highest BCUT2D eigenvalue weighted by Gasteiger charge is 2.48. The highest BCUT2D eigenvalue weighted by atomic mass is 32.1. The second-order valence-corrected chi connectivity index (χ2v) is 10.8. The number of carbonyl (C=O) groups excluding carboxylic acids is 2. The molecule has 1 aromatic heterocycles. The Hall–Kier alpha value is -5.03. The minimum atomic E-state index is -1.03. The first-order chi connectivity index (χ1) is 21.4. The maximum Gasteiger partial charge on any atom is 0.301 e. The lowest BCUT2D eigenvalue weighted by molar-refractivity contribution is -0.132. The fourth-order valence-electron chi connectivity index (χ4n) is 5.17. The van der Waals surface area contributed by atoms with Crippen LogP contribution in [0.3, 0.4) is 0 Å². The van der Waals surface area contributed by atoms with Crippen molar-refractivity contribution < 1.29 is 38.4 Å². The smallest absolute Gasteiger partial charge is 0.301 e. The molecule has 0 radical (unpaired) electrons. The van der Waals surface area contributed by atoms with Gasteiger partial charge in [-0.2, -0.15) is 0 Å². The molecule has 0 bridgehead atoms. The van der Waals surface area contributed by atoms with E-state index in [1.165, 1.54) is 16.2 Å². The second kappa shape index (κ2) is 12.3. The van der Waals surface area contributed by atoms with E-state index >= 15 is 0 Å². The maximum absolute atomic E-state index is 13.8. The van der Waals surface area contributed by atoms with E-state index in [1.807, 2.05) is 19.9 Å². The van der Waals surface area contributed by atoms with Crippen LogP contribution >= 0.6 is 11.3 Å². The van der Waals surface area contributed by atoms with Crippen molar-refractivity contribution >= 4 is 44.1 Å². The first-order valence-electron chi connectivity index (χ1n) is 14.2. The third-order valence-corrected chi connectivity index (χ3v) is 8.08. The zero-order valence-corrected chi connectivity index (χ0v) is 25.0. The van der Waals surface area contributed by atoms with Crippen LogP contribution in [0.2, 0.25) is 0 Å². The molecule has 1 amide bonds. The quantitative estimate of drug-likeness (QED) is 0.0985. The molecule has 6 rings (SSSR count). The Kier molecular flexibility index (Phi) is 8.12. The Balaban J connectivity index is 1.52. The number of amides is 1. The summed E-state index contributed by atoms with van der Waals surface area (Å²) < 4.78 is 29.4. The molecule has 2 aliphatic heterocycles. The molecule has 226 valence electrons. The van der Waals surface area contributed by atoms with Crippen molar-refractivity contribution in [2.75, 3.05) is 37.9 Å². The predicted octanol–water partition coefficient (Wildman–Crippen LogP) is 6.06. The van der Waals surface area contributed by atoms with E-state index in [4.69, 9.17) is 28.7 Å². The van der Waals surface area contributed by atoms with Crippen LogP contribution < -0.4 is 28.6 Å². The number of fused-ring (bicyclic) bond motifs is 2.